The number of hydrogen-bond acceptors (Lipinski definition) is 9. The maximum Gasteiger partial charge on any atom is 0.341 e. The van der Waals surface area contributed by atoms with E-state index in [1.165, 1.54) is 6.92 Å². The van der Waals surface area contributed by atoms with Crippen LogP contribution in [0.2, 0.25) is 0 Å². The number of carbonyl (C=O) groups is 5. The molecule has 0 fully saturated rings. The molecule has 6 aromatic rings. The minimum absolute atomic E-state index is 0.0657. The molecule has 0 bridgehead atoms. The highest BCUT2D eigenvalue weighted by molar-refractivity contribution is 6.11. The van der Waals surface area contributed by atoms with Crippen molar-refractivity contribution in [3.05, 3.63) is 107 Å². The zero-order valence-corrected chi connectivity index (χ0v) is 40.3. The van der Waals surface area contributed by atoms with E-state index < -0.39 is 5.97 Å². The summed E-state index contributed by atoms with van der Waals surface area (Å²) in [7, 11) is 0. The van der Waals surface area contributed by atoms with E-state index in [0.717, 1.165) is 77.0 Å². The Morgan fingerprint density at radius 1 is 0.523 bits per heavy atom. The molecule has 0 saturated heterocycles. The van der Waals surface area contributed by atoms with Crippen molar-refractivity contribution in [2.75, 3.05) is 19.8 Å². The van der Waals surface area contributed by atoms with E-state index in [0.29, 0.717) is 72.2 Å². The van der Waals surface area contributed by atoms with Crippen molar-refractivity contribution in [1.82, 2.24) is 13.7 Å². The lowest BCUT2D eigenvalue weighted by atomic mass is 10.1. The van der Waals surface area contributed by atoms with Crippen LogP contribution in [0.4, 0.5) is 0 Å². The number of aldehydes is 1. The first-order valence-corrected chi connectivity index (χ1v) is 23.0. The van der Waals surface area contributed by atoms with E-state index >= 15 is 0 Å². The number of carbonyl (C=O) groups excluding carboxylic acids is 5. The number of aryl methyl sites for hydroxylation is 3. The molecule has 0 spiro atoms. The average molecular weight is 892 g/mol. The highest BCUT2D eigenvalue weighted by Crippen LogP contribution is 2.31. The van der Waals surface area contributed by atoms with E-state index in [4.69, 9.17) is 18.9 Å². The van der Waals surface area contributed by atoms with Gasteiger partial charge in [-0.1, -0.05) is 96.1 Å². The van der Waals surface area contributed by atoms with Crippen LogP contribution in [0.1, 0.15) is 141 Å². The van der Waals surface area contributed by atoms with Crippen LogP contribution in [0.5, 0.6) is 0 Å². The molecule has 3 heterocycles. The van der Waals surface area contributed by atoms with Gasteiger partial charge in [0.05, 0.1) is 47.9 Å². The zero-order valence-electron chi connectivity index (χ0n) is 40.3. The van der Waals surface area contributed by atoms with E-state index in [1.807, 2.05) is 85.1 Å². The Morgan fingerprint density at radius 2 is 0.892 bits per heavy atom. The summed E-state index contributed by atoms with van der Waals surface area (Å²) in [5.74, 6) is 0.297. The number of esters is 4. The summed E-state index contributed by atoms with van der Waals surface area (Å²) in [6.45, 7) is 25.2. The Balaban J connectivity index is 0.000000214. The molecule has 0 unspecified atom stereocenters. The summed E-state index contributed by atoms with van der Waals surface area (Å²) in [6, 6.07) is 23.4. The maximum absolute atomic E-state index is 12.5. The average Bonchev–Trinajstić information content (AvgIpc) is 3.87. The lowest BCUT2D eigenvalue weighted by Crippen LogP contribution is -2.13. The van der Waals surface area contributed by atoms with Gasteiger partial charge in [0.25, 0.3) is 0 Å². The largest absolute Gasteiger partial charge is 0.462 e. The number of rotatable bonds is 18. The van der Waals surface area contributed by atoms with Crippen LogP contribution in [0.25, 0.3) is 32.7 Å². The van der Waals surface area contributed by atoms with Crippen molar-refractivity contribution < 1.29 is 42.9 Å². The van der Waals surface area contributed by atoms with Crippen molar-refractivity contribution >= 4 is 62.9 Å². The van der Waals surface area contributed by atoms with E-state index in [9.17, 15) is 24.0 Å². The Labute approximate surface area is 384 Å². The fraction of sp³-hybridized carbons (Fsp3) is 0.453. The van der Waals surface area contributed by atoms with Crippen LogP contribution < -0.4 is 0 Å². The third-order valence-electron chi connectivity index (χ3n) is 11.1. The molecule has 65 heavy (non-hydrogen) atoms. The van der Waals surface area contributed by atoms with Gasteiger partial charge in [0, 0.05) is 65.0 Å². The molecule has 0 aliphatic rings. The monoisotopic (exact) mass is 892 g/mol. The third kappa shape index (κ3) is 13.0. The molecular weight excluding hydrogens is 823 g/mol. The SMILES string of the molecule is CCOC(=O)c1c(C)n(CCC(C)C)c2ccccc12.CCOC(=O)c1c(C=O)n(CCC(C)C)c2ccccc12.CCOC(=O)c1c(COC(C)=O)n(CCC(C)C)c2ccccc12. The highest BCUT2D eigenvalue weighted by atomic mass is 16.5. The first-order chi connectivity index (χ1) is 31.1. The number of benzene rings is 3. The quantitative estimate of drug-likeness (QED) is 0.0469. The van der Waals surface area contributed by atoms with Crippen molar-refractivity contribution in [2.45, 2.75) is 122 Å². The van der Waals surface area contributed by atoms with Gasteiger partial charge in [-0.3, -0.25) is 9.59 Å². The molecule has 3 aromatic carbocycles. The van der Waals surface area contributed by atoms with Gasteiger partial charge in [-0.05, 0) is 82.9 Å². The molecule has 0 aliphatic heterocycles. The first kappa shape index (κ1) is 51.5. The number of ether oxygens (including phenoxy) is 4. The highest BCUT2D eigenvalue weighted by Gasteiger charge is 2.25. The second-order valence-electron chi connectivity index (χ2n) is 17.2. The lowest BCUT2D eigenvalue weighted by molar-refractivity contribution is -0.142. The molecule has 12 heteroatoms. The predicted molar refractivity (Wildman–Crippen MR) is 258 cm³/mol. The fourth-order valence-electron chi connectivity index (χ4n) is 7.81. The van der Waals surface area contributed by atoms with Crippen LogP contribution in [-0.2, 0) is 50.0 Å². The standard InChI is InChI=1S/C19H25NO4.C17H21NO3.C17H23NO2/c1-5-23-19(22)18-15-8-6-7-9-16(15)20(11-10-13(2)3)17(18)12-24-14(4)21;1-4-21-17(20)16-13-7-5-6-8-14(13)18(15(16)11-19)10-9-12(2)3;1-5-20-17(19)16-13(4)18(11-10-12(2)3)15-9-7-6-8-14(15)16/h6-9,13H,5,10-12H2,1-4H3;5-8,11-12H,4,9-10H2,1-3H3;6-9,12H,5,10-11H2,1-4H3. The minimum Gasteiger partial charge on any atom is -0.462 e. The van der Waals surface area contributed by atoms with Gasteiger partial charge in [-0.15, -0.1) is 0 Å². The Kier molecular flexibility index (Phi) is 19.6. The summed E-state index contributed by atoms with van der Waals surface area (Å²) in [4.78, 5) is 59.7. The second-order valence-corrected chi connectivity index (χ2v) is 17.2. The molecule has 350 valence electrons. The molecule has 0 aliphatic carbocycles. The summed E-state index contributed by atoms with van der Waals surface area (Å²) in [6.07, 6.45) is 3.77. The van der Waals surface area contributed by atoms with Gasteiger partial charge in [-0.25, -0.2) is 14.4 Å². The molecular formula is C53H69N3O9. The Hall–Kier alpha value is -6.17. The summed E-state index contributed by atoms with van der Waals surface area (Å²) in [5, 5.41) is 2.61. The van der Waals surface area contributed by atoms with Gasteiger partial charge in [-0.2, -0.15) is 0 Å². The maximum atomic E-state index is 12.5. The van der Waals surface area contributed by atoms with Crippen LogP contribution in [0.15, 0.2) is 72.8 Å². The molecule has 12 nitrogen and oxygen atoms in total. The smallest absolute Gasteiger partial charge is 0.341 e. The second kappa shape index (κ2) is 24.8. The first-order valence-electron chi connectivity index (χ1n) is 23.0. The van der Waals surface area contributed by atoms with Crippen LogP contribution >= 0.6 is 0 Å². The number of fused-ring (bicyclic) bond motifs is 3. The van der Waals surface area contributed by atoms with Crippen LogP contribution in [0.3, 0.4) is 0 Å². The Bertz CT molecular complexity index is 2550. The summed E-state index contributed by atoms with van der Waals surface area (Å²) in [5.41, 5.74) is 6.70. The predicted octanol–water partition coefficient (Wildman–Crippen LogP) is 11.8. The van der Waals surface area contributed by atoms with Gasteiger partial charge in [0.1, 0.15) is 6.61 Å². The molecule has 0 amide bonds. The summed E-state index contributed by atoms with van der Waals surface area (Å²) >= 11 is 0. The van der Waals surface area contributed by atoms with Crippen molar-refractivity contribution in [1.29, 1.82) is 0 Å². The van der Waals surface area contributed by atoms with Crippen molar-refractivity contribution in [2.24, 2.45) is 17.8 Å². The molecule has 0 N–H and O–H groups in total. The fourth-order valence-corrected chi connectivity index (χ4v) is 7.81. The molecule has 6 rings (SSSR count). The Morgan fingerprint density at radius 3 is 1.34 bits per heavy atom. The molecule has 3 aromatic heterocycles. The van der Waals surface area contributed by atoms with Crippen molar-refractivity contribution in [3.8, 4) is 0 Å². The van der Waals surface area contributed by atoms with E-state index in [2.05, 4.69) is 56.7 Å². The minimum atomic E-state index is -0.431. The van der Waals surface area contributed by atoms with Crippen LogP contribution in [0, 0.1) is 24.7 Å². The zero-order chi connectivity index (χ0) is 47.8. The number of hydrogen-bond donors (Lipinski definition) is 0. The molecule has 0 atom stereocenters. The van der Waals surface area contributed by atoms with Crippen LogP contribution in [-0.4, -0.2) is 63.7 Å². The third-order valence-corrected chi connectivity index (χ3v) is 11.1. The van der Waals surface area contributed by atoms with Gasteiger partial charge in [0.2, 0.25) is 0 Å². The van der Waals surface area contributed by atoms with E-state index in [-0.39, 0.29) is 24.5 Å². The van der Waals surface area contributed by atoms with E-state index in [1.54, 1.807) is 13.8 Å². The lowest BCUT2D eigenvalue weighted by Gasteiger charge is -2.13. The summed E-state index contributed by atoms with van der Waals surface area (Å²) < 4.78 is 27.0. The number of para-hydroxylation sites is 3. The van der Waals surface area contributed by atoms with Gasteiger partial charge < -0.3 is 32.6 Å². The van der Waals surface area contributed by atoms with Gasteiger partial charge in [0.15, 0.2) is 6.29 Å². The molecule has 0 saturated carbocycles. The topological polar surface area (TPSA) is 137 Å². The molecule has 0 radical (unpaired) electrons. The van der Waals surface area contributed by atoms with Gasteiger partial charge >= 0.3 is 23.9 Å². The van der Waals surface area contributed by atoms with Crippen molar-refractivity contribution in [3.63, 3.8) is 0 Å². The number of aromatic nitrogens is 3. The normalized spacial score (nSPS) is 11.1. The number of nitrogens with zero attached hydrogens (tertiary/aromatic N) is 3.